The zero-order chi connectivity index (χ0) is 20.7. The molecule has 2 aromatic carbocycles. The summed E-state index contributed by atoms with van der Waals surface area (Å²) >= 11 is 6.02. The summed E-state index contributed by atoms with van der Waals surface area (Å²) in [5, 5.41) is 11.5. The quantitative estimate of drug-likeness (QED) is 0.559. The molecule has 4 rings (SSSR count). The normalized spacial score (nSPS) is 21.0. The first-order valence-electron chi connectivity index (χ1n) is 9.40. The highest BCUT2D eigenvalue weighted by molar-refractivity contribution is 6.33. The van der Waals surface area contributed by atoms with Crippen molar-refractivity contribution in [2.24, 2.45) is 4.99 Å². The van der Waals surface area contributed by atoms with Gasteiger partial charge in [-0.3, -0.25) is 15.1 Å². The minimum atomic E-state index is -0.469. The van der Waals surface area contributed by atoms with E-state index in [9.17, 15) is 10.1 Å². The Morgan fingerprint density at radius 1 is 1.21 bits per heavy atom. The average Bonchev–Trinajstić information content (AvgIpc) is 2.72. The predicted octanol–water partition coefficient (Wildman–Crippen LogP) is 3.90. The molecule has 0 N–H and O–H groups in total. The summed E-state index contributed by atoms with van der Waals surface area (Å²) in [6.45, 7) is 1.85. The number of ether oxygens (including phenoxy) is 2. The Labute approximate surface area is 174 Å². The van der Waals surface area contributed by atoms with Gasteiger partial charge in [0.2, 0.25) is 0 Å². The van der Waals surface area contributed by atoms with E-state index >= 15 is 0 Å². The number of methoxy groups -OCH3 is 2. The zero-order valence-electron chi connectivity index (χ0n) is 16.5. The lowest BCUT2D eigenvalue weighted by Crippen LogP contribution is -2.41. The van der Waals surface area contributed by atoms with Gasteiger partial charge in [-0.05, 0) is 43.8 Å². The molecule has 29 heavy (non-hydrogen) atoms. The van der Waals surface area contributed by atoms with Crippen molar-refractivity contribution in [3.05, 3.63) is 62.2 Å². The lowest BCUT2D eigenvalue weighted by Gasteiger charge is -2.39. The molecule has 2 aliphatic rings. The fourth-order valence-corrected chi connectivity index (χ4v) is 4.42. The molecule has 0 aliphatic carbocycles. The zero-order valence-corrected chi connectivity index (χ0v) is 17.3. The summed E-state index contributed by atoms with van der Waals surface area (Å²) in [4.78, 5) is 18.3. The van der Waals surface area contributed by atoms with Gasteiger partial charge in [-0.2, -0.15) is 0 Å². The number of hydrogen-bond donors (Lipinski definition) is 0. The Bertz CT molecular complexity index is 1010. The van der Waals surface area contributed by atoms with Crippen LogP contribution in [0.25, 0.3) is 0 Å². The van der Waals surface area contributed by atoms with E-state index in [1.165, 1.54) is 6.07 Å². The topological polar surface area (TPSA) is 77.2 Å². The Hall–Kier alpha value is -2.64. The summed E-state index contributed by atoms with van der Waals surface area (Å²) in [6, 6.07) is 8.88. The number of likely N-dealkylation sites (tertiary alicyclic amines) is 1. The molecule has 0 amide bonds. The number of hydrogen-bond acceptors (Lipinski definition) is 6. The molecule has 0 bridgehead atoms. The van der Waals surface area contributed by atoms with E-state index in [1.807, 2.05) is 12.1 Å². The monoisotopic (exact) mass is 415 g/mol. The van der Waals surface area contributed by atoms with Crippen molar-refractivity contribution in [1.29, 1.82) is 0 Å². The van der Waals surface area contributed by atoms with Crippen LogP contribution in [0.4, 0.5) is 5.69 Å². The predicted molar refractivity (Wildman–Crippen MR) is 112 cm³/mol. The largest absolute Gasteiger partial charge is 0.493 e. The standard InChI is InChI=1S/C21H22ClN3O4/c1-24-7-6-17-15(11-24)13-9-19(28-2)20(29-3)10-14(13)21(23-17)12-4-5-16(22)18(8-12)25(26)27/h4-5,8-10,15,17H,6-7,11H2,1-3H3. The van der Waals surface area contributed by atoms with Crippen molar-refractivity contribution in [1.82, 2.24) is 4.90 Å². The number of rotatable bonds is 4. The van der Waals surface area contributed by atoms with Crippen LogP contribution in [0.1, 0.15) is 29.0 Å². The van der Waals surface area contributed by atoms with Gasteiger partial charge in [0, 0.05) is 29.7 Å². The highest BCUT2D eigenvalue weighted by atomic mass is 35.5. The van der Waals surface area contributed by atoms with Gasteiger partial charge in [-0.1, -0.05) is 17.7 Å². The molecule has 152 valence electrons. The molecular weight excluding hydrogens is 394 g/mol. The van der Waals surface area contributed by atoms with Crippen LogP contribution in [0.3, 0.4) is 0 Å². The first-order chi connectivity index (χ1) is 13.9. The fraction of sp³-hybridized carbons (Fsp3) is 0.381. The maximum absolute atomic E-state index is 11.4. The highest BCUT2D eigenvalue weighted by Gasteiger charge is 2.36. The Kier molecular flexibility index (Phi) is 5.19. The summed E-state index contributed by atoms with van der Waals surface area (Å²) in [7, 11) is 5.32. The minimum absolute atomic E-state index is 0.111. The Balaban J connectivity index is 1.92. The molecule has 2 aliphatic heterocycles. The van der Waals surface area contributed by atoms with Crippen molar-refractivity contribution >= 4 is 23.0 Å². The third kappa shape index (κ3) is 3.45. The van der Waals surface area contributed by atoms with Crippen LogP contribution in [-0.4, -0.2) is 55.9 Å². The first kappa shape index (κ1) is 19.7. The van der Waals surface area contributed by atoms with Gasteiger partial charge in [0.05, 0.1) is 30.9 Å². The summed E-state index contributed by atoms with van der Waals surface area (Å²) in [5.41, 5.74) is 3.32. The number of aliphatic imine (C=N–C) groups is 1. The molecule has 2 atom stereocenters. The van der Waals surface area contributed by atoms with E-state index in [2.05, 4.69) is 11.9 Å². The SMILES string of the molecule is COc1cc2c(cc1OC)C1CN(C)CCC1N=C2c1ccc(Cl)c([N+](=O)[O-])c1. The van der Waals surface area contributed by atoms with Gasteiger partial charge >= 0.3 is 0 Å². The van der Waals surface area contributed by atoms with E-state index in [0.29, 0.717) is 17.1 Å². The van der Waals surface area contributed by atoms with Crippen LogP contribution in [0.2, 0.25) is 5.02 Å². The highest BCUT2D eigenvalue weighted by Crippen LogP contribution is 2.42. The summed E-state index contributed by atoms with van der Waals surface area (Å²) < 4.78 is 11.0. The second-order valence-corrected chi connectivity index (χ2v) is 7.83. The number of piperidine rings is 1. The van der Waals surface area contributed by atoms with Gasteiger partial charge in [0.1, 0.15) is 5.02 Å². The average molecular weight is 416 g/mol. The van der Waals surface area contributed by atoms with Crippen LogP contribution in [0.5, 0.6) is 11.5 Å². The van der Waals surface area contributed by atoms with Crippen LogP contribution in [-0.2, 0) is 0 Å². The van der Waals surface area contributed by atoms with Crippen molar-refractivity contribution in [2.75, 3.05) is 34.4 Å². The van der Waals surface area contributed by atoms with Crippen LogP contribution >= 0.6 is 11.6 Å². The van der Waals surface area contributed by atoms with Crippen molar-refractivity contribution in [2.45, 2.75) is 18.4 Å². The minimum Gasteiger partial charge on any atom is -0.493 e. The van der Waals surface area contributed by atoms with Crippen LogP contribution in [0.15, 0.2) is 35.3 Å². The molecule has 2 heterocycles. The van der Waals surface area contributed by atoms with E-state index < -0.39 is 4.92 Å². The molecule has 7 nitrogen and oxygen atoms in total. The number of halogens is 1. The first-order valence-corrected chi connectivity index (χ1v) is 9.77. The molecule has 0 saturated carbocycles. The summed E-state index contributed by atoms with van der Waals surface area (Å²) in [5.74, 6) is 1.50. The number of benzene rings is 2. The number of nitro groups is 1. The Morgan fingerprint density at radius 2 is 1.93 bits per heavy atom. The Morgan fingerprint density at radius 3 is 2.62 bits per heavy atom. The van der Waals surface area contributed by atoms with Crippen LogP contribution < -0.4 is 9.47 Å². The van der Waals surface area contributed by atoms with Gasteiger partial charge in [0.25, 0.3) is 5.69 Å². The van der Waals surface area contributed by atoms with E-state index in [0.717, 1.165) is 36.3 Å². The van der Waals surface area contributed by atoms with Crippen molar-refractivity contribution in [3.8, 4) is 11.5 Å². The number of nitrogens with zero attached hydrogens (tertiary/aromatic N) is 3. The number of fused-ring (bicyclic) bond motifs is 3. The van der Waals surface area contributed by atoms with E-state index in [1.54, 1.807) is 26.4 Å². The molecule has 0 aromatic heterocycles. The fourth-order valence-electron chi connectivity index (χ4n) is 4.23. The molecule has 0 spiro atoms. The number of nitro benzene ring substituents is 1. The molecule has 2 unspecified atom stereocenters. The molecule has 1 fully saturated rings. The third-order valence-corrected chi connectivity index (χ3v) is 6.02. The molecule has 1 saturated heterocycles. The molecule has 8 heteroatoms. The van der Waals surface area contributed by atoms with Crippen molar-refractivity contribution < 1.29 is 14.4 Å². The maximum Gasteiger partial charge on any atom is 0.288 e. The van der Waals surface area contributed by atoms with Crippen molar-refractivity contribution in [3.63, 3.8) is 0 Å². The lowest BCUT2D eigenvalue weighted by atomic mass is 9.79. The smallest absolute Gasteiger partial charge is 0.288 e. The van der Waals surface area contributed by atoms with E-state index in [-0.39, 0.29) is 22.7 Å². The molecular formula is C21H22ClN3O4. The van der Waals surface area contributed by atoms with Gasteiger partial charge in [-0.15, -0.1) is 0 Å². The lowest BCUT2D eigenvalue weighted by molar-refractivity contribution is -0.384. The second kappa shape index (κ2) is 7.65. The third-order valence-electron chi connectivity index (χ3n) is 5.70. The van der Waals surface area contributed by atoms with Gasteiger partial charge < -0.3 is 14.4 Å². The maximum atomic E-state index is 11.4. The summed E-state index contributed by atoms with van der Waals surface area (Å²) in [6.07, 6.45) is 0.925. The second-order valence-electron chi connectivity index (χ2n) is 7.42. The van der Waals surface area contributed by atoms with Gasteiger partial charge in [0.15, 0.2) is 11.5 Å². The van der Waals surface area contributed by atoms with E-state index in [4.69, 9.17) is 26.1 Å². The van der Waals surface area contributed by atoms with Crippen LogP contribution in [0, 0.1) is 10.1 Å². The van der Waals surface area contributed by atoms with Gasteiger partial charge in [-0.25, -0.2) is 0 Å². The molecule has 2 aromatic rings. The molecule has 0 radical (unpaired) electrons. The number of likely N-dealkylation sites (N-methyl/N-ethyl adjacent to an activating group) is 1.